The predicted octanol–water partition coefficient (Wildman–Crippen LogP) is 6.06. The van der Waals surface area contributed by atoms with E-state index in [-0.39, 0.29) is 0 Å². The topological polar surface area (TPSA) is 18.5 Å². The van der Waals surface area contributed by atoms with Gasteiger partial charge in [-0.2, -0.15) is 0 Å². The second kappa shape index (κ2) is 8.92. The smallest absolute Gasteiger partial charge is 0.315 e. The zero-order valence-corrected chi connectivity index (χ0v) is 18.8. The monoisotopic (exact) mass is 376 g/mol. The second-order valence-electron chi connectivity index (χ2n) is 7.30. The average Bonchev–Trinajstić information content (AvgIpc) is 2.51. The number of hydrogen-bond donors (Lipinski definition) is 0. The minimum atomic E-state index is -2.27. The van der Waals surface area contributed by atoms with E-state index in [2.05, 4.69) is 82.3 Å². The minimum absolute atomic E-state index is 0.949. The van der Waals surface area contributed by atoms with Gasteiger partial charge in [-0.1, -0.05) is 53.9 Å². The summed E-state index contributed by atoms with van der Waals surface area (Å²) in [4.78, 5) is 0. The molecular formula is C19H32O2Si3. The predicted molar refractivity (Wildman–Crippen MR) is 114 cm³/mol. The van der Waals surface area contributed by atoms with E-state index in [0.29, 0.717) is 0 Å². The maximum atomic E-state index is 6.56. The van der Waals surface area contributed by atoms with Crippen molar-refractivity contribution in [2.75, 3.05) is 0 Å². The first-order valence-corrected chi connectivity index (χ1v) is 17.0. The summed E-state index contributed by atoms with van der Waals surface area (Å²) in [5.74, 6) is 0. The van der Waals surface area contributed by atoms with Gasteiger partial charge in [0, 0.05) is 0 Å². The quantitative estimate of drug-likeness (QED) is 0.462. The highest BCUT2D eigenvalue weighted by atomic mass is 28.5. The largest absolute Gasteiger partial charge is 0.433 e. The van der Waals surface area contributed by atoms with E-state index >= 15 is 0 Å². The molecule has 0 aromatic heterocycles. The Morgan fingerprint density at radius 3 is 1.83 bits per heavy atom. The summed E-state index contributed by atoms with van der Waals surface area (Å²) in [5.41, 5.74) is 5.21. The first kappa shape index (κ1) is 21.1. The molecule has 0 heterocycles. The van der Waals surface area contributed by atoms with Crippen LogP contribution in [0.1, 0.15) is 12.0 Å². The summed E-state index contributed by atoms with van der Waals surface area (Å²) in [7, 11) is -6.04. The molecule has 1 aromatic rings. The Hall–Kier alpha value is -0.989. The lowest BCUT2D eigenvalue weighted by molar-refractivity contribution is 0.388. The first-order chi connectivity index (χ1) is 11.1. The fourth-order valence-corrected chi connectivity index (χ4v) is 14.1. The van der Waals surface area contributed by atoms with Crippen LogP contribution in [0.4, 0.5) is 0 Å². The lowest BCUT2D eigenvalue weighted by Crippen LogP contribution is -2.53. The molecule has 2 nitrogen and oxygen atoms in total. The van der Waals surface area contributed by atoms with Gasteiger partial charge in [0.1, 0.15) is 0 Å². The standard InChI is InChI=1S/C19H32O2Si3/c1-8-22(3,4)20-24(7,21-23(5,6)9-2)18-14-13-17-19-15-11-10-12-16-19/h8-13,15-17H,1-2,14,18H2,3-7H3. The zero-order chi connectivity index (χ0) is 18.3. The maximum Gasteiger partial charge on any atom is 0.315 e. The van der Waals surface area contributed by atoms with Gasteiger partial charge in [0.2, 0.25) is 0 Å². The third kappa shape index (κ3) is 7.72. The van der Waals surface area contributed by atoms with Crippen LogP contribution in [0.3, 0.4) is 0 Å². The van der Waals surface area contributed by atoms with Crippen LogP contribution in [0.2, 0.25) is 38.8 Å². The van der Waals surface area contributed by atoms with Crippen molar-refractivity contribution in [3.05, 3.63) is 66.5 Å². The van der Waals surface area contributed by atoms with Crippen molar-refractivity contribution in [3.8, 4) is 0 Å². The Balaban J connectivity index is 2.79. The zero-order valence-electron chi connectivity index (χ0n) is 15.8. The van der Waals surface area contributed by atoms with Crippen LogP contribution in [0.25, 0.3) is 6.08 Å². The molecule has 24 heavy (non-hydrogen) atoms. The molecule has 0 fully saturated rings. The van der Waals surface area contributed by atoms with Gasteiger partial charge in [0.25, 0.3) is 0 Å². The van der Waals surface area contributed by atoms with Crippen molar-refractivity contribution in [3.63, 3.8) is 0 Å². The fraction of sp³-hybridized carbons (Fsp3) is 0.368. The SMILES string of the molecule is C=C[Si](C)(C)O[Si](C)(CCC=Cc1ccccc1)O[Si](C)(C)C=C. The number of rotatable bonds is 10. The molecule has 0 bridgehead atoms. The fourth-order valence-electron chi connectivity index (χ4n) is 2.45. The highest BCUT2D eigenvalue weighted by Gasteiger charge is 2.40. The number of hydrogen-bond acceptors (Lipinski definition) is 2. The third-order valence-corrected chi connectivity index (χ3v) is 14.6. The molecule has 0 saturated heterocycles. The summed E-state index contributed by atoms with van der Waals surface area (Å²) in [6.07, 6.45) is 5.35. The molecule has 0 saturated carbocycles. The Morgan fingerprint density at radius 1 is 0.875 bits per heavy atom. The van der Waals surface area contributed by atoms with Gasteiger partial charge in [-0.3, -0.25) is 0 Å². The summed E-state index contributed by atoms with van der Waals surface area (Å²) in [6, 6.07) is 11.3. The first-order valence-electron chi connectivity index (χ1n) is 8.50. The molecule has 0 unspecified atom stereocenters. The molecule has 0 aliphatic carbocycles. The van der Waals surface area contributed by atoms with E-state index in [0.717, 1.165) is 12.5 Å². The van der Waals surface area contributed by atoms with Crippen LogP contribution in [-0.2, 0) is 8.23 Å². The van der Waals surface area contributed by atoms with E-state index in [9.17, 15) is 0 Å². The van der Waals surface area contributed by atoms with Crippen LogP contribution in [-0.4, -0.2) is 25.2 Å². The molecule has 0 radical (unpaired) electrons. The average molecular weight is 377 g/mol. The molecule has 0 amide bonds. The van der Waals surface area contributed by atoms with Gasteiger partial charge in [0.15, 0.2) is 16.6 Å². The normalized spacial score (nSPS) is 13.2. The van der Waals surface area contributed by atoms with Crippen molar-refractivity contribution in [2.45, 2.75) is 45.2 Å². The van der Waals surface area contributed by atoms with Crippen LogP contribution in [0.15, 0.2) is 61.0 Å². The summed E-state index contributed by atoms with van der Waals surface area (Å²) in [6.45, 7) is 18.8. The minimum Gasteiger partial charge on any atom is -0.433 e. The van der Waals surface area contributed by atoms with E-state index in [4.69, 9.17) is 8.23 Å². The Bertz CT molecular complexity index is 543. The van der Waals surface area contributed by atoms with Gasteiger partial charge < -0.3 is 8.23 Å². The van der Waals surface area contributed by atoms with Gasteiger partial charge in [0.05, 0.1) is 0 Å². The van der Waals surface area contributed by atoms with Gasteiger partial charge in [-0.25, -0.2) is 0 Å². The van der Waals surface area contributed by atoms with Crippen LogP contribution in [0, 0.1) is 0 Å². The lowest BCUT2D eigenvalue weighted by Gasteiger charge is -2.38. The second-order valence-corrected chi connectivity index (χ2v) is 18.9. The third-order valence-electron chi connectivity index (χ3n) is 3.82. The van der Waals surface area contributed by atoms with Crippen molar-refractivity contribution in [1.29, 1.82) is 0 Å². The molecule has 0 spiro atoms. The Labute approximate surface area is 151 Å². The van der Waals surface area contributed by atoms with Crippen LogP contribution < -0.4 is 0 Å². The molecule has 1 aromatic carbocycles. The van der Waals surface area contributed by atoms with Crippen molar-refractivity contribution in [2.24, 2.45) is 0 Å². The van der Waals surface area contributed by atoms with Gasteiger partial charge in [-0.05, 0) is 50.8 Å². The Morgan fingerprint density at radius 2 is 1.38 bits per heavy atom. The molecule has 0 aliphatic rings. The van der Waals surface area contributed by atoms with E-state index in [1.54, 1.807) is 0 Å². The van der Waals surface area contributed by atoms with E-state index in [1.807, 2.05) is 17.5 Å². The maximum absolute atomic E-state index is 6.56. The lowest BCUT2D eigenvalue weighted by atomic mass is 10.2. The molecule has 0 atom stereocenters. The molecule has 0 aliphatic heterocycles. The molecule has 0 N–H and O–H groups in total. The highest BCUT2D eigenvalue weighted by Crippen LogP contribution is 2.26. The Kier molecular flexibility index (Phi) is 7.82. The summed E-state index contributed by atoms with van der Waals surface area (Å²) >= 11 is 0. The summed E-state index contributed by atoms with van der Waals surface area (Å²) in [5, 5.41) is 0. The van der Waals surface area contributed by atoms with Gasteiger partial charge in [-0.15, -0.1) is 13.2 Å². The van der Waals surface area contributed by atoms with Crippen molar-refractivity contribution in [1.82, 2.24) is 0 Å². The molecule has 132 valence electrons. The van der Waals surface area contributed by atoms with E-state index < -0.39 is 25.2 Å². The molecular weight excluding hydrogens is 344 g/mol. The van der Waals surface area contributed by atoms with Crippen molar-refractivity contribution >= 4 is 31.3 Å². The van der Waals surface area contributed by atoms with Gasteiger partial charge >= 0.3 is 8.56 Å². The number of allylic oxidation sites excluding steroid dienone is 1. The van der Waals surface area contributed by atoms with Crippen LogP contribution >= 0.6 is 0 Å². The summed E-state index contributed by atoms with van der Waals surface area (Å²) < 4.78 is 13.1. The van der Waals surface area contributed by atoms with E-state index in [1.165, 1.54) is 5.56 Å². The molecule has 5 heteroatoms. The van der Waals surface area contributed by atoms with Crippen LogP contribution in [0.5, 0.6) is 0 Å². The molecule has 1 rings (SSSR count). The van der Waals surface area contributed by atoms with Crippen molar-refractivity contribution < 1.29 is 8.23 Å². The highest BCUT2D eigenvalue weighted by molar-refractivity contribution is 6.91. The number of benzene rings is 1.